The second kappa shape index (κ2) is 12.1. The number of hydrogen-bond donors (Lipinski definition) is 3. The van der Waals surface area contributed by atoms with Gasteiger partial charge in [0.25, 0.3) is 0 Å². The van der Waals surface area contributed by atoms with Gasteiger partial charge in [0.05, 0.1) is 19.6 Å². The quantitative estimate of drug-likeness (QED) is 0.513. The molecule has 0 aromatic heterocycles. The molecule has 3 N–H and O–H groups in total. The first-order valence-electron chi connectivity index (χ1n) is 9.44. The van der Waals surface area contributed by atoms with Crippen molar-refractivity contribution < 1.29 is 19.4 Å². The molecule has 29 heavy (non-hydrogen) atoms. The second-order valence-electron chi connectivity index (χ2n) is 6.26. The number of benzene rings is 2. The molecule has 0 spiro atoms. The Balaban J connectivity index is 1.83. The van der Waals surface area contributed by atoms with Crippen LogP contribution in [0, 0.1) is 0 Å². The van der Waals surface area contributed by atoms with Crippen molar-refractivity contribution in [3.05, 3.63) is 64.7 Å². The van der Waals surface area contributed by atoms with Gasteiger partial charge in [0.1, 0.15) is 6.61 Å². The van der Waals surface area contributed by atoms with Crippen LogP contribution < -0.4 is 10.7 Å². The predicted molar refractivity (Wildman–Crippen MR) is 112 cm³/mol. The monoisotopic (exact) mass is 419 g/mol. The van der Waals surface area contributed by atoms with Crippen LogP contribution in [0.4, 0.5) is 10.5 Å². The van der Waals surface area contributed by atoms with Gasteiger partial charge in [-0.3, -0.25) is 15.1 Å². The summed E-state index contributed by atoms with van der Waals surface area (Å²) >= 11 is 6.13. The molecule has 0 aliphatic carbocycles. The number of hydrogen-bond acceptors (Lipinski definition) is 5. The number of hydrazine groups is 1. The summed E-state index contributed by atoms with van der Waals surface area (Å²) in [5.74, 6) is -0.307. The molecule has 0 heterocycles. The lowest BCUT2D eigenvalue weighted by Gasteiger charge is -2.23. The van der Waals surface area contributed by atoms with Crippen LogP contribution in [0.3, 0.4) is 0 Å². The summed E-state index contributed by atoms with van der Waals surface area (Å²) in [6.07, 6.45) is 0.282. The van der Waals surface area contributed by atoms with Crippen LogP contribution in [-0.4, -0.2) is 41.9 Å². The average molecular weight is 420 g/mol. The highest BCUT2D eigenvalue weighted by atomic mass is 35.5. The van der Waals surface area contributed by atoms with E-state index in [-0.39, 0.29) is 32.1 Å². The van der Waals surface area contributed by atoms with Gasteiger partial charge in [0, 0.05) is 17.3 Å². The smallest absolute Gasteiger partial charge is 0.411 e. The molecule has 2 amide bonds. The van der Waals surface area contributed by atoms with Crippen molar-refractivity contribution in [2.24, 2.45) is 0 Å². The van der Waals surface area contributed by atoms with E-state index in [1.165, 1.54) is 10.6 Å². The number of amides is 2. The first kappa shape index (κ1) is 22.7. The number of anilines is 1. The van der Waals surface area contributed by atoms with Gasteiger partial charge in [-0.15, -0.1) is 0 Å². The van der Waals surface area contributed by atoms with Gasteiger partial charge in [-0.25, -0.2) is 10.2 Å². The lowest BCUT2D eigenvalue weighted by Crippen LogP contribution is -2.45. The fourth-order valence-corrected chi connectivity index (χ4v) is 2.75. The maximum absolute atomic E-state index is 12.2. The largest absolute Gasteiger partial charge is 0.447 e. The van der Waals surface area contributed by atoms with Gasteiger partial charge in [0.15, 0.2) is 0 Å². The summed E-state index contributed by atoms with van der Waals surface area (Å²) in [5.41, 5.74) is 5.61. The lowest BCUT2D eigenvalue weighted by atomic mass is 10.1. The van der Waals surface area contributed by atoms with E-state index < -0.39 is 6.09 Å². The fraction of sp³-hybridized carbons (Fsp3) is 0.333. The molecule has 0 bridgehead atoms. The number of carbonyl (C=O) groups excluding carboxylic acids is 2. The minimum absolute atomic E-state index is 0.00837. The van der Waals surface area contributed by atoms with Crippen LogP contribution in [-0.2, 0) is 22.5 Å². The summed E-state index contributed by atoms with van der Waals surface area (Å²) in [6, 6.07) is 14.8. The van der Waals surface area contributed by atoms with E-state index in [1.807, 2.05) is 42.5 Å². The van der Waals surface area contributed by atoms with Crippen LogP contribution in [0.1, 0.15) is 24.5 Å². The first-order valence-corrected chi connectivity index (χ1v) is 9.82. The normalized spacial score (nSPS) is 10.4. The Morgan fingerprint density at radius 1 is 1.14 bits per heavy atom. The number of aryl methyl sites for hydroxylation is 1. The van der Waals surface area contributed by atoms with Crippen molar-refractivity contribution in [3.63, 3.8) is 0 Å². The molecular weight excluding hydrogens is 394 g/mol. The summed E-state index contributed by atoms with van der Waals surface area (Å²) < 4.78 is 5.16. The Morgan fingerprint density at radius 3 is 2.52 bits per heavy atom. The fourth-order valence-electron chi connectivity index (χ4n) is 2.55. The van der Waals surface area contributed by atoms with Gasteiger partial charge < -0.3 is 9.84 Å². The average Bonchev–Trinajstić information content (AvgIpc) is 2.72. The van der Waals surface area contributed by atoms with Crippen molar-refractivity contribution in [1.82, 2.24) is 10.4 Å². The molecular formula is C21H26ClN3O4. The van der Waals surface area contributed by atoms with E-state index in [2.05, 4.69) is 17.7 Å². The molecule has 7 nitrogen and oxygen atoms in total. The van der Waals surface area contributed by atoms with Crippen molar-refractivity contribution >= 4 is 29.3 Å². The Hall–Kier alpha value is -2.61. The third kappa shape index (κ3) is 7.73. The number of nitrogens with zero attached hydrogens (tertiary/aromatic N) is 1. The number of nitrogens with one attached hydrogen (secondary N) is 2. The Bertz CT molecular complexity index is 799. The van der Waals surface area contributed by atoms with Gasteiger partial charge >= 0.3 is 6.09 Å². The molecule has 0 unspecified atom stereocenters. The van der Waals surface area contributed by atoms with Crippen molar-refractivity contribution in [3.8, 4) is 0 Å². The minimum Gasteiger partial charge on any atom is -0.447 e. The molecule has 2 rings (SSSR count). The number of rotatable bonds is 10. The van der Waals surface area contributed by atoms with E-state index in [4.69, 9.17) is 21.4 Å². The lowest BCUT2D eigenvalue weighted by molar-refractivity contribution is -0.135. The Labute approximate surface area is 175 Å². The van der Waals surface area contributed by atoms with Gasteiger partial charge in [0.2, 0.25) is 5.91 Å². The van der Waals surface area contributed by atoms with E-state index in [0.29, 0.717) is 17.3 Å². The van der Waals surface area contributed by atoms with E-state index in [1.54, 1.807) is 6.07 Å². The predicted octanol–water partition coefficient (Wildman–Crippen LogP) is 3.37. The molecule has 156 valence electrons. The topological polar surface area (TPSA) is 90.9 Å². The molecule has 2 aromatic rings. The molecule has 0 aliphatic heterocycles. The van der Waals surface area contributed by atoms with E-state index in [9.17, 15) is 9.59 Å². The Morgan fingerprint density at radius 2 is 1.86 bits per heavy atom. The highest BCUT2D eigenvalue weighted by Gasteiger charge is 2.14. The van der Waals surface area contributed by atoms with Gasteiger partial charge in [-0.1, -0.05) is 48.9 Å². The number of aliphatic hydroxyl groups excluding tert-OH is 1. The summed E-state index contributed by atoms with van der Waals surface area (Å²) in [6.45, 7) is 2.24. The number of aliphatic hydroxyl groups is 1. The van der Waals surface area contributed by atoms with E-state index in [0.717, 1.165) is 12.0 Å². The first-order chi connectivity index (χ1) is 14.0. The van der Waals surface area contributed by atoms with Gasteiger partial charge in [-0.2, -0.15) is 0 Å². The van der Waals surface area contributed by atoms with Crippen molar-refractivity contribution in [2.75, 3.05) is 25.1 Å². The van der Waals surface area contributed by atoms with Gasteiger partial charge in [-0.05, 0) is 35.7 Å². The molecule has 0 saturated carbocycles. The second-order valence-corrected chi connectivity index (χ2v) is 6.66. The van der Waals surface area contributed by atoms with Crippen LogP contribution >= 0.6 is 11.6 Å². The zero-order chi connectivity index (χ0) is 21.1. The third-order valence-corrected chi connectivity index (χ3v) is 4.57. The SMILES string of the molecule is CCc1ccc(NC(=O)OCCN(NCc2ccccc2Cl)C(=O)CCO)cc1. The van der Waals surface area contributed by atoms with Crippen LogP contribution in [0.2, 0.25) is 5.02 Å². The molecule has 0 radical (unpaired) electrons. The maximum Gasteiger partial charge on any atom is 0.411 e. The summed E-state index contributed by atoms with van der Waals surface area (Å²) in [4.78, 5) is 24.1. The Kier molecular flexibility index (Phi) is 9.43. The zero-order valence-electron chi connectivity index (χ0n) is 16.4. The molecule has 8 heteroatoms. The zero-order valence-corrected chi connectivity index (χ0v) is 17.1. The maximum atomic E-state index is 12.2. The number of carbonyl (C=O) groups is 2. The minimum atomic E-state index is -0.602. The number of ether oxygens (including phenoxy) is 1. The van der Waals surface area contributed by atoms with E-state index >= 15 is 0 Å². The summed E-state index contributed by atoms with van der Waals surface area (Å²) in [5, 5.41) is 13.6. The molecule has 0 aliphatic rings. The van der Waals surface area contributed by atoms with Crippen molar-refractivity contribution in [2.45, 2.75) is 26.3 Å². The highest BCUT2D eigenvalue weighted by molar-refractivity contribution is 6.31. The van der Waals surface area contributed by atoms with Crippen LogP contribution in [0.15, 0.2) is 48.5 Å². The highest BCUT2D eigenvalue weighted by Crippen LogP contribution is 2.14. The number of halogens is 1. The molecule has 0 fully saturated rings. The molecule has 0 saturated heterocycles. The van der Waals surface area contributed by atoms with Crippen LogP contribution in [0.5, 0.6) is 0 Å². The summed E-state index contributed by atoms with van der Waals surface area (Å²) in [7, 11) is 0. The van der Waals surface area contributed by atoms with Crippen LogP contribution in [0.25, 0.3) is 0 Å². The van der Waals surface area contributed by atoms with Crippen molar-refractivity contribution in [1.29, 1.82) is 0 Å². The molecule has 0 atom stereocenters. The standard InChI is InChI=1S/C21H26ClN3O4/c1-2-16-7-9-18(10-8-16)24-21(28)29-14-12-25(20(27)11-13-26)23-15-17-5-3-4-6-19(17)22/h3-10,23,26H,2,11-15H2,1H3,(H,24,28). The molecule has 2 aromatic carbocycles. The third-order valence-electron chi connectivity index (χ3n) is 4.20.